The molecule has 0 aliphatic rings. The van der Waals surface area contributed by atoms with Crippen LogP contribution < -0.4 is 16.0 Å². The van der Waals surface area contributed by atoms with Gasteiger partial charge >= 0.3 is 0 Å². The van der Waals surface area contributed by atoms with Crippen molar-refractivity contribution in [2.75, 3.05) is 5.43 Å². The number of anilines is 1. The number of ether oxygens (including phenoxy) is 1. The summed E-state index contributed by atoms with van der Waals surface area (Å²) in [7, 11) is 0. The summed E-state index contributed by atoms with van der Waals surface area (Å²) in [6.45, 7) is 0.418. The van der Waals surface area contributed by atoms with Gasteiger partial charge in [0.2, 0.25) is 5.88 Å². The summed E-state index contributed by atoms with van der Waals surface area (Å²) in [5, 5.41) is 0.691. The number of pyridine rings is 1. The molecule has 88 valence electrons. The SMILES string of the molecule is NNc1cccc(OCc2cccc(Cl)c2)n1. The lowest BCUT2D eigenvalue weighted by molar-refractivity contribution is 0.294. The van der Waals surface area contributed by atoms with Gasteiger partial charge in [-0.2, -0.15) is 4.98 Å². The maximum Gasteiger partial charge on any atom is 0.215 e. The lowest BCUT2D eigenvalue weighted by atomic mass is 10.2. The summed E-state index contributed by atoms with van der Waals surface area (Å²) in [5.74, 6) is 6.34. The molecule has 0 amide bonds. The predicted molar refractivity (Wildman–Crippen MR) is 67.8 cm³/mol. The molecule has 5 heteroatoms. The number of nitrogens with two attached hydrogens (primary N) is 1. The van der Waals surface area contributed by atoms with Crippen molar-refractivity contribution in [1.82, 2.24) is 4.98 Å². The maximum absolute atomic E-state index is 5.88. The second-order valence-electron chi connectivity index (χ2n) is 3.42. The summed E-state index contributed by atoms with van der Waals surface area (Å²) in [6.07, 6.45) is 0. The van der Waals surface area contributed by atoms with Crippen LogP contribution in [-0.2, 0) is 6.61 Å². The fourth-order valence-electron chi connectivity index (χ4n) is 1.36. The van der Waals surface area contributed by atoms with Crippen LogP contribution in [0.5, 0.6) is 5.88 Å². The molecule has 0 fully saturated rings. The fraction of sp³-hybridized carbons (Fsp3) is 0.0833. The van der Waals surface area contributed by atoms with Gasteiger partial charge in [0.05, 0.1) is 0 Å². The highest BCUT2D eigenvalue weighted by Gasteiger charge is 1.99. The molecule has 0 bridgehead atoms. The molecule has 2 aromatic rings. The van der Waals surface area contributed by atoms with Crippen LogP contribution in [0.4, 0.5) is 5.82 Å². The number of halogens is 1. The highest BCUT2D eigenvalue weighted by molar-refractivity contribution is 6.30. The second kappa shape index (κ2) is 5.52. The van der Waals surface area contributed by atoms with Gasteiger partial charge in [0.15, 0.2) is 0 Å². The second-order valence-corrected chi connectivity index (χ2v) is 3.86. The topological polar surface area (TPSA) is 60.2 Å². The van der Waals surface area contributed by atoms with E-state index in [1.54, 1.807) is 12.1 Å². The van der Waals surface area contributed by atoms with Gasteiger partial charge in [-0.25, -0.2) is 5.84 Å². The Balaban J connectivity index is 2.02. The Morgan fingerprint density at radius 2 is 2.06 bits per heavy atom. The zero-order valence-corrected chi connectivity index (χ0v) is 9.82. The van der Waals surface area contributed by atoms with E-state index in [4.69, 9.17) is 22.2 Å². The van der Waals surface area contributed by atoms with E-state index in [0.29, 0.717) is 23.3 Å². The van der Waals surface area contributed by atoms with E-state index >= 15 is 0 Å². The zero-order valence-electron chi connectivity index (χ0n) is 9.06. The largest absolute Gasteiger partial charge is 0.473 e. The average molecular weight is 250 g/mol. The van der Waals surface area contributed by atoms with Crippen molar-refractivity contribution >= 4 is 17.4 Å². The Bertz CT molecular complexity index is 505. The summed E-state index contributed by atoms with van der Waals surface area (Å²) < 4.78 is 5.52. The van der Waals surface area contributed by atoms with E-state index in [9.17, 15) is 0 Å². The Morgan fingerprint density at radius 3 is 2.82 bits per heavy atom. The molecule has 0 saturated heterocycles. The van der Waals surface area contributed by atoms with Gasteiger partial charge in [0, 0.05) is 11.1 Å². The van der Waals surface area contributed by atoms with Gasteiger partial charge in [-0.15, -0.1) is 0 Å². The first-order valence-corrected chi connectivity index (χ1v) is 5.46. The number of aromatic nitrogens is 1. The van der Waals surface area contributed by atoms with Crippen LogP contribution in [0.2, 0.25) is 5.02 Å². The third kappa shape index (κ3) is 3.34. The number of rotatable bonds is 4. The third-order valence-electron chi connectivity index (χ3n) is 2.15. The van der Waals surface area contributed by atoms with Crippen molar-refractivity contribution < 1.29 is 4.74 Å². The summed E-state index contributed by atoms with van der Waals surface area (Å²) in [4.78, 5) is 4.14. The van der Waals surface area contributed by atoms with Crippen LogP contribution in [0.15, 0.2) is 42.5 Å². The Kier molecular flexibility index (Phi) is 3.80. The molecule has 0 unspecified atom stereocenters. The monoisotopic (exact) mass is 249 g/mol. The maximum atomic E-state index is 5.88. The standard InChI is InChI=1S/C12H12ClN3O/c13-10-4-1-3-9(7-10)8-17-12-6-2-5-11(15-12)16-14/h1-7H,8,14H2,(H,15,16). The number of hydrazine groups is 1. The van der Waals surface area contributed by atoms with Gasteiger partial charge in [-0.05, 0) is 23.8 Å². The van der Waals surface area contributed by atoms with Crippen molar-refractivity contribution in [3.63, 3.8) is 0 Å². The summed E-state index contributed by atoms with van der Waals surface area (Å²) in [5.41, 5.74) is 3.45. The van der Waals surface area contributed by atoms with Crippen molar-refractivity contribution in [1.29, 1.82) is 0 Å². The van der Waals surface area contributed by atoms with Gasteiger partial charge in [-0.1, -0.05) is 29.8 Å². The lowest BCUT2D eigenvalue weighted by Gasteiger charge is -2.06. The number of nitrogen functional groups attached to an aromatic ring is 1. The predicted octanol–water partition coefficient (Wildman–Crippen LogP) is 2.60. The van der Waals surface area contributed by atoms with E-state index in [2.05, 4.69) is 10.4 Å². The molecule has 0 atom stereocenters. The van der Waals surface area contributed by atoms with Gasteiger partial charge < -0.3 is 10.2 Å². The Hall–Kier alpha value is -1.78. The molecule has 3 N–H and O–H groups in total. The van der Waals surface area contributed by atoms with E-state index in [1.165, 1.54) is 0 Å². The minimum Gasteiger partial charge on any atom is -0.473 e. The van der Waals surface area contributed by atoms with Crippen LogP contribution in [0.25, 0.3) is 0 Å². The molecule has 0 saturated carbocycles. The first-order valence-electron chi connectivity index (χ1n) is 5.09. The molecule has 17 heavy (non-hydrogen) atoms. The first kappa shape index (κ1) is 11.7. The zero-order chi connectivity index (χ0) is 12.1. The normalized spacial score (nSPS) is 10.0. The number of benzene rings is 1. The van der Waals surface area contributed by atoms with Gasteiger partial charge in [-0.3, -0.25) is 0 Å². The van der Waals surface area contributed by atoms with Crippen LogP contribution in [0.3, 0.4) is 0 Å². The highest BCUT2D eigenvalue weighted by atomic mass is 35.5. The van der Waals surface area contributed by atoms with Crippen molar-refractivity contribution in [2.45, 2.75) is 6.61 Å². The van der Waals surface area contributed by atoms with E-state index in [0.717, 1.165) is 5.56 Å². The van der Waals surface area contributed by atoms with Gasteiger partial charge in [0.25, 0.3) is 0 Å². The highest BCUT2D eigenvalue weighted by Crippen LogP contribution is 2.15. The number of hydrogen-bond acceptors (Lipinski definition) is 4. The summed E-state index contributed by atoms with van der Waals surface area (Å²) in [6, 6.07) is 12.8. The summed E-state index contributed by atoms with van der Waals surface area (Å²) >= 11 is 5.88. The van der Waals surface area contributed by atoms with E-state index < -0.39 is 0 Å². The van der Waals surface area contributed by atoms with Crippen molar-refractivity contribution in [3.8, 4) is 5.88 Å². The van der Waals surface area contributed by atoms with E-state index in [1.807, 2.05) is 30.3 Å². The Morgan fingerprint density at radius 1 is 1.24 bits per heavy atom. The number of nitrogens with one attached hydrogen (secondary N) is 1. The number of nitrogens with zero attached hydrogens (tertiary/aromatic N) is 1. The van der Waals surface area contributed by atoms with Crippen molar-refractivity contribution in [2.24, 2.45) is 5.84 Å². The Labute approximate surface area is 104 Å². The van der Waals surface area contributed by atoms with Crippen LogP contribution >= 0.6 is 11.6 Å². The molecular weight excluding hydrogens is 238 g/mol. The molecule has 0 aliphatic heterocycles. The average Bonchev–Trinajstić information content (AvgIpc) is 2.37. The molecular formula is C12H12ClN3O. The van der Waals surface area contributed by atoms with Crippen LogP contribution in [0.1, 0.15) is 5.56 Å². The third-order valence-corrected chi connectivity index (χ3v) is 2.38. The quantitative estimate of drug-likeness (QED) is 0.646. The molecule has 0 aliphatic carbocycles. The molecule has 2 rings (SSSR count). The van der Waals surface area contributed by atoms with Crippen LogP contribution in [-0.4, -0.2) is 4.98 Å². The molecule has 0 radical (unpaired) electrons. The van der Waals surface area contributed by atoms with Crippen LogP contribution in [0, 0.1) is 0 Å². The lowest BCUT2D eigenvalue weighted by Crippen LogP contribution is -2.08. The molecule has 0 spiro atoms. The molecule has 1 aromatic heterocycles. The first-order chi connectivity index (χ1) is 8.28. The minimum atomic E-state index is 0.418. The number of hydrogen-bond donors (Lipinski definition) is 2. The molecule has 4 nitrogen and oxygen atoms in total. The fourth-order valence-corrected chi connectivity index (χ4v) is 1.57. The molecule has 1 heterocycles. The molecule has 1 aromatic carbocycles. The van der Waals surface area contributed by atoms with Crippen molar-refractivity contribution in [3.05, 3.63) is 53.1 Å². The minimum absolute atomic E-state index is 0.418. The van der Waals surface area contributed by atoms with Gasteiger partial charge in [0.1, 0.15) is 12.4 Å². The smallest absolute Gasteiger partial charge is 0.215 e. The van der Waals surface area contributed by atoms with E-state index in [-0.39, 0.29) is 0 Å².